The minimum atomic E-state index is -3.53. The van der Waals surface area contributed by atoms with Crippen molar-refractivity contribution < 1.29 is 32.3 Å². The summed E-state index contributed by atoms with van der Waals surface area (Å²) in [5, 5.41) is 13.0. The molecular weight excluding hydrogens is 523 g/mol. The van der Waals surface area contributed by atoms with Gasteiger partial charge in [-0.1, -0.05) is 23.2 Å². The highest BCUT2D eigenvalue weighted by atomic mass is 35.5. The van der Waals surface area contributed by atoms with E-state index in [1.807, 2.05) is 0 Å². The molecule has 11 heteroatoms. The minimum absolute atomic E-state index is 0.0944. The van der Waals surface area contributed by atoms with E-state index in [1.54, 1.807) is 0 Å². The number of carbonyl (C=O) groups excluding carboxylic acids is 2. The van der Waals surface area contributed by atoms with Crippen LogP contribution in [0, 0.1) is 11.6 Å². The summed E-state index contributed by atoms with van der Waals surface area (Å²) in [6.07, 6.45) is -0.791. The molecule has 1 heterocycles. The van der Waals surface area contributed by atoms with Gasteiger partial charge < -0.3 is 15.3 Å². The maximum atomic E-state index is 14.8. The molecule has 0 saturated carbocycles. The van der Waals surface area contributed by atoms with Gasteiger partial charge in [0.15, 0.2) is 17.2 Å². The third kappa shape index (κ3) is 4.66. The lowest BCUT2D eigenvalue weighted by molar-refractivity contribution is -0.177. The van der Waals surface area contributed by atoms with E-state index in [1.165, 1.54) is 42.5 Å². The van der Waals surface area contributed by atoms with E-state index in [-0.39, 0.29) is 44.7 Å². The van der Waals surface area contributed by atoms with Gasteiger partial charge in [0.1, 0.15) is 0 Å². The molecule has 36 heavy (non-hydrogen) atoms. The van der Waals surface area contributed by atoms with Crippen molar-refractivity contribution in [1.29, 1.82) is 0 Å². The first-order valence-corrected chi connectivity index (χ1v) is 11.4. The molecule has 188 valence electrons. The van der Waals surface area contributed by atoms with Crippen molar-refractivity contribution in [2.45, 2.75) is 24.9 Å². The van der Waals surface area contributed by atoms with Crippen LogP contribution in [0.5, 0.6) is 0 Å². The van der Waals surface area contributed by atoms with Crippen molar-refractivity contribution in [2.75, 3.05) is 16.8 Å². The zero-order valence-corrected chi connectivity index (χ0v) is 20.1. The SMILES string of the molecule is C[C@@]1(O)c2cc(Cl)ccc2N(C(=O)c2ccc(NC(=O)c3cc(F)c(F)cc3Cl)cc2)CCC1(F)F. The van der Waals surface area contributed by atoms with Gasteiger partial charge in [-0.3, -0.25) is 9.59 Å². The molecule has 1 atom stereocenters. The van der Waals surface area contributed by atoms with Gasteiger partial charge in [0.2, 0.25) is 0 Å². The lowest BCUT2D eigenvalue weighted by atomic mass is 9.87. The Bertz CT molecular complexity index is 1360. The summed E-state index contributed by atoms with van der Waals surface area (Å²) in [5.74, 6) is -7.39. The molecule has 0 fully saturated rings. The van der Waals surface area contributed by atoms with Gasteiger partial charge in [-0.05, 0) is 61.5 Å². The first kappa shape index (κ1) is 25.9. The first-order chi connectivity index (χ1) is 16.8. The molecule has 0 saturated heterocycles. The lowest BCUT2D eigenvalue weighted by Gasteiger charge is -2.32. The molecule has 0 aliphatic carbocycles. The molecule has 0 radical (unpaired) electrons. The topological polar surface area (TPSA) is 69.6 Å². The van der Waals surface area contributed by atoms with E-state index >= 15 is 0 Å². The number of benzene rings is 3. The normalized spacial score (nSPS) is 18.8. The second kappa shape index (κ2) is 9.38. The van der Waals surface area contributed by atoms with E-state index in [4.69, 9.17) is 23.2 Å². The Morgan fingerprint density at radius 1 is 1.00 bits per heavy atom. The highest BCUT2D eigenvalue weighted by molar-refractivity contribution is 6.34. The number of rotatable bonds is 3. The third-order valence-electron chi connectivity index (χ3n) is 6.02. The average Bonchev–Trinajstić information content (AvgIpc) is 2.89. The Hall–Kier alpha value is -3.14. The summed E-state index contributed by atoms with van der Waals surface area (Å²) in [6.45, 7) is 0.608. The predicted octanol–water partition coefficient (Wildman–Crippen LogP) is 6.42. The lowest BCUT2D eigenvalue weighted by Crippen LogP contribution is -2.42. The van der Waals surface area contributed by atoms with Gasteiger partial charge >= 0.3 is 0 Å². The fourth-order valence-electron chi connectivity index (χ4n) is 3.90. The number of nitrogens with one attached hydrogen (secondary N) is 1. The molecule has 0 unspecified atom stereocenters. The zero-order valence-electron chi connectivity index (χ0n) is 18.6. The van der Waals surface area contributed by atoms with Crippen molar-refractivity contribution in [1.82, 2.24) is 0 Å². The average molecular weight is 541 g/mol. The van der Waals surface area contributed by atoms with Crippen molar-refractivity contribution in [2.24, 2.45) is 0 Å². The number of nitrogens with zero attached hydrogens (tertiary/aromatic N) is 1. The van der Waals surface area contributed by atoms with Crippen LogP contribution in [-0.2, 0) is 5.60 Å². The van der Waals surface area contributed by atoms with Crippen LogP contribution in [0.3, 0.4) is 0 Å². The maximum Gasteiger partial charge on any atom is 0.281 e. The number of halogens is 6. The first-order valence-electron chi connectivity index (χ1n) is 10.6. The van der Waals surface area contributed by atoms with Crippen LogP contribution in [0.4, 0.5) is 28.9 Å². The second-order valence-corrected chi connectivity index (χ2v) is 9.27. The van der Waals surface area contributed by atoms with Gasteiger partial charge in [-0.25, -0.2) is 17.6 Å². The summed E-state index contributed by atoms with van der Waals surface area (Å²) in [6, 6.07) is 10.9. The summed E-state index contributed by atoms with van der Waals surface area (Å²) in [4.78, 5) is 26.8. The number of fused-ring (bicyclic) bond motifs is 1. The van der Waals surface area contributed by atoms with Crippen LogP contribution in [0.25, 0.3) is 0 Å². The minimum Gasteiger partial charge on any atom is -0.379 e. The summed E-state index contributed by atoms with van der Waals surface area (Å²) in [5.41, 5.74) is -2.60. The number of alkyl halides is 2. The number of carbonyl (C=O) groups is 2. The zero-order chi connectivity index (χ0) is 26.4. The standard InChI is InChI=1S/C25H18Cl2F4N2O3/c1-24(36)17-10-14(26)4-7-21(17)33(9-8-25(24,30)31)23(35)13-2-5-15(6-3-13)32-22(34)16-11-19(28)20(29)12-18(16)27/h2-7,10-12,36H,8-9H2,1H3,(H,32,34)/t24-/m1/s1. The molecule has 0 bridgehead atoms. The van der Waals surface area contributed by atoms with Gasteiger partial charge in [0, 0.05) is 34.8 Å². The van der Waals surface area contributed by atoms with Crippen molar-refractivity contribution in [3.05, 3.63) is 93.0 Å². The van der Waals surface area contributed by atoms with Crippen molar-refractivity contribution in [3.8, 4) is 0 Å². The number of amides is 2. The molecule has 2 N–H and O–H groups in total. The van der Waals surface area contributed by atoms with Crippen LogP contribution in [0.2, 0.25) is 10.0 Å². The van der Waals surface area contributed by atoms with Gasteiger partial charge in [-0.15, -0.1) is 0 Å². The molecule has 3 aromatic carbocycles. The molecule has 2 amide bonds. The van der Waals surface area contributed by atoms with E-state index in [9.17, 15) is 32.3 Å². The van der Waals surface area contributed by atoms with E-state index in [0.717, 1.165) is 11.8 Å². The second-order valence-electron chi connectivity index (χ2n) is 8.42. The Morgan fingerprint density at radius 3 is 2.31 bits per heavy atom. The van der Waals surface area contributed by atoms with Gasteiger partial charge in [0.25, 0.3) is 17.7 Å². The largest absolute Gasteiger partial charge is 0.379 e. The highest BCUT2D eigenvalue weighted by Gasteiger charge is 2.53. The Kier molecular flexibility index (Phi) is 6.76. The molecule has 3 aromatic rings. The van der Waals surface area contributed by atoms with Crippen LogP contribution in [0.1, 0.15) is 39.6 Å². The molecule has 1 aliphatic rings. The van der Waals surface area contributed by atoms with Gasteiger partial charge in [-0.2, -0.15) is 0 Å². The maximum absolute atomic E-state index is 14.8. The smallest absolute Gasteiger partial charge is 0.281 e. The molecule has 0 spiro atoms. The Labute approximate surface area is 213 Å². The monoisotopic (exact) mass is 540 g/mol. The number of hydrogen-bond acceptors (Lipinski definition) is 3. The molecule has 0 aromatic heterocycles. The van der Waals surface area contributed by atoms with E-state index in [0.29, 0.717) is 12.1 Å². The van der Waals surface area contributed by atoms with Gasteiger partial charge in [0.05, 0.1) is 16.3 Å². The summed E-state index contributed by atoms with van der Waals surface area (Å²) in [7, 11) is 0. The number of hydrogen-bond donors (Lipinski definition) is 2. The van der Waals surface area contributed by atoms with Crippen molar-refractivity contribution >= 4 is 46.4 Å². The fraction of sp³-hybridized carbons (Fsp3) is 0.200. The van der Waals surface area contributed by atoms with Crippen LogP contribution in [-0.4, -0.2) is 29.4 Å². The Balaban J connectivity index is 1.60. The Morgan fingerprint density at radius 2 is 1.64 bits per heavy atom. The summed E-state index contributed by atoms with van der Waals surface area (Å²) >= 11 is 11.8. The van der Waals surface area contributed by atoms with E-state index < -0.39 is 41.4 Å². The number of anilines is 2. The fourth-order valence-corrected chi connectivity index (χ4v) is 4.31. The molecule has 1 aliphatic heterocycles. The third-order valence-corrected chi connectivity index (χ3v) is 6.57. The quantitative estimate of drug-likeness (QED) is 0.297. The van der Waals surface area contributed by atoms with Crippen LogP contribution < -0.4 is 10.2 Å². The van der Waals surface area contributed by atoms with Crippen LogP contribution >= 0.6 is 23.2 Å². The molecule has 5 nitrogen and oxygen atoms in total. The van der Waals surface area contributed by atoms with E-state index in [2.05, 4.69) is 5.32 Å². The highest BCUT2D eigenvalue weighted by Crippen LogP contribution is 2.47. The number of aliphatic hydroxyl groups is 1. The van der Waals surface area contributed by atoms with Crippen molar-refractivity contribution in [3.63, 3.8) is 0 Å². The molecule has 4 rings (SSSR count). The predicted molar refractivity (Wildman–Crippen MR) is 128 cm³/mol. The molecular formula is C25H18Cl2F4N2O3. The summed E-state index contributed by atoms with van der Waals surface area (Å²) < 4.78 is 56.3. The van der Waals surface area contributed by atoms with Crippen LogP contribution in [0.15, 0.2) is 54.6 Å².